The van der Waals surface area contributed by atoms with Crippen LogP contribution in [0.15, 0.2) is 54.5 Å². The van der Waals surface area contributed by atoms with Gasteiger partial charge in [-0.05, 0) is 19.9 Å². The van der Waals surface area contributed by atoms with E-state index in [0.717, 1.165) is 11.3 Å². The minimum atomic E-state index is 0.355. The molecule has 0 heterocycles. The van der Waals surface area contributed by atoms with E-state index in [1.165, 1.54) is 0 Å². The van der Waals surface area contributed by atoms with Crippen LogP contribution in [0.5, 0.6) is 0 Å². The second-order valence-electron chi connectivity index (χ2n) is 3.22. The van der Waals surface area contributed by atoms with E-state index in [0.29, 0.717) is 12.4 Å². The van der Waals surface area contributed by atoms with Crippen molar-refractivity contribution in [1.29, 1.82) is 0 Å². The Bertz CT molecular complexity index is 307. The Labute approximate surface area is 92.0 Å². The molecule has 3 heteroatoms. The minimum Gasteiger partial charge on any atom is -0.325 e. The van der Waals surface area contributed by atoms with Gasteiger partial charge in [0.25, 0.3) is 0 Å². The number of nitrogens with two attached hydrogens (primary N) is 1. The van der Waals surface area contributed by atoms with Crippen molar-refractivity contribution in [2.24, 2.45) is 10.7 Å². The molecule has 0 rings (SSSR count). The van der Waals surface area contributed by atoms with E-state index >= 15 is 0 Å². The van der Waals surface area contributed by atoms with Crippen molar-refractivity contribution in [2.45, 2.75) is 13.8 Å². The molecule has 0 spiro atoms. The highest BCUT2D eigenvalue weighted by Crippen LogP contribution is 2.04. The van der Waals surface area contributed by atoms with Crippen LogP contribution in [0.25, 0.3) is 0 Å². The maximum absolute atomic E-state index is 5.50. The zero-order valence-electron chi connectivity index (χ0n) is 9.53. The van der Waals surface area contributed by atoms with Gasteiger partial charge < -0.3 is 10.6 Å². The normalized spacial score (nSPS) is 10.5. The summed E-state index contributed by atoms with van der Waals surface area (Å²) in [5.41, 5.74) is 7.34. The molecular weight excluding hydrogens is 186 g/mol. The van der Waals surface area contributed by atoms with Gasteiger partial charge >= 0.3 is 0 Å². The Hall–Kier alpha value is -1.61. The van der Waals surface area contributed by atoms with Crippen LogP contribution >= 0.6 is 0 Å². The summed E-state index contributed by atoms with van der Waals surface area (Å²) in [6.07, 6.45) is 5.02. The second kappa shape index (κ2) is 6.79. The number of hydrogen-bond acceptors (Lipinski definition) is 2. The fourth-order valence-electron chi connectivity index (χ4n) is 0.891. The fourth-order valence-corrected chi connectivity index (χ4v) is 0.891. The lowest BCUT2D eigenvalue weighted by Crippen LogP contribution is -2.26. The van der Waals surface area contributed by atoms with Crippen molar-refractivity contribution >= 4 is 5.84 Å². The van der Waals surface area contributed by atoms with Gasteiger partial charge in [0.1, 0.15) is 5.84 Å². The Morgan fingerprint density at radius 2 is 2.00 bits per heavy atom. The van der Waals surface area contributed by atoms with Gasteiger partial charge in [0.05, 0.1) is 0 Å². The van der Waals surface area contributed by atoms with Crippen LogP contribution in [0.3, 0.4) is 0 Å². The molecule has 0 aliphatic carbocycles. The van der Waals surface area contributed by atoms with E-state index in [2.05, 4.69) is 24.7 Å². The lowest BCUT2D eigenvalue weighted by Gasteiger charge is -2.20. The average molecular weight is 205 g/mol. The first-order valence-electron chi connectivity index (χ1n) is 4.70. The molecular formula is C12H19N3. The second-order valence-corrected chi connectivity index (χ2v) is 3.22. The van der Waals surface area contributed by atoms with Crippen LogP contribution in [0.2, 0.25) is 0 Å². The lowest BCUT2D eigenvalue weighted by molar-refractivity contribution is 0.677. The van der Waals surface area contributed by atoms with Crippen molar-refractivity contribution < 1.29 is 0 Å². The van der Waals surface area contributed by atoms with Crippen LogP contribution in [0.4, 0.5) is 0 Å². The van der Waals surface area contributed by atoms with Gasteiger partial charge in [-0.25, -0.2) is 4.99 Å². The van der Waals surface area contributed by atoms with Gasteiger partial charge in [0, 0.05) is 24.6 Å². The summed E-state index contributed by atoms with van der Waals surface area (Å²) >= 11 is 0. The molecule has 0 aromatic heterocycles. The number of nitrogens with zero attached hydrogens (tertiary/aromatic N) is 2. The zero-order valence-corrected chi connectivity index (χ0v) is 9.53. The molecule has 0 aliphatic rings. The molecule has 0 fully saturated rings. The third-order valence-electron chi connectivity index (χ3n) is 1.64. The monoisotopic (exact) mass is 205 g/mol. The quantitative estimate of drug-likeness (QED) is 0.553. The first-order valence-corrected chi connectivity index (χ1v) is 4.70. The molecule has 0 aromatic rings. The van der Waals surface area contributed by atoms with Gasteiger partial charge in [-0.1, -0.05) is 25.3 Å². The van der Waals surface area contributed by atoms with Crippen LogP contribution in [0, 0.1) is 0 Å². The standard InChI is InChI=1S/C12H19N3/c1-6-12(14-9-10(3)4)15(7-2)11(5)8-13/h6-7,9H,1-2,5,8,13H2,3-4H3. The fraction of sp³-hybridized carbons (Fsp3) is 0.250. The Morgan fingerprint density at radius 3 is 2.33 bits per heavy atom. The zero-order chi connectivity index (χ0) is 11.8. The summed E-state index contributed by atoms with van der Waals surface area (Å²) in [5, 5.41) is 0. The predicted molar refractivity (Wildman–Crippen MR) is 67.3 cm³/mol. The average Bonchev–Trinajstić information content (AvgIpc) is 2.22. The summed E-state index contributed by atoms with van der Waals surface area (Å²) in [6, 6.07) is 0. The number of rotatable bonds is 5. The van der Waals surface area contributed by atoms with E-state index in [-0.39, 0.29) is 0 Å². The van der Waals surface area contributed by atoms with Crippen molar-refractivity contribution in [3.8, 4) is 0 Å². The van der Waals surface area contributed by atoms with Crippen LogP contribution in [-0.4, -0.2) is 17.3 Å². The van der Waals surface area contributed by atoms with E-state index in [4.69, 9.17) is 5.73 Å². The molecule has 0 amide bonds. The highest BCUT2D eigenvalue weighted by molar-refractivity contribution is 5.94. The third-order valence-corrected chi connectivity index (χ3v) is 1.64. The Morgan fingerprint density at radius 1 is 1.40 bits per heavy atom. The van der Waals surface area contributed by atoms with E-state index in [1.54, 1.807) is 23.4 Å². The topological polar surface area (TPSA) is 41.6 Å². The molecule has 0 bridgehead atoms. The predicted octanol–water partition coefficient (Wildman–Crippen LogP) is 2.41. The summed E-state index contributed by atoms with van der Waals surface area (Å²) in [5.74, 6) is 0.668. The summed E-state index contributed by atoms with van der Waals surface area (Å²) in [7, 11) is 0. The van der Waals surface area contributed by atoms with Crippen molar-refractivity contribution in [3.63, 3.8) is 0 Å². The lowest BCUT2D eigenvalue weighted by atomic mass is 10.3. The largest absolute Gasteiger partial charge is 0.325 e. The molecule has 0 atom stereocenters. The van der Waals surface area contributed by atoms with Crippen molar-refractivity contribution in [3.05, 3.63) is 49.5 Å². The number of hydrogen-bond donors (Lipinski definition) is 1. The van der Waals surface area contributed by atoms with Crippen molar-refractivity contribution in [1.82, 2.24) is 4.90 Å². The van der Waals surface area contributed by atoms with Crippen LogP contribution in [0.1, 0.15) is 13.8 Å². The van der Waals surface area contributed by atoms with Gasteiger partial charge in [0.2, 0.25) is 0 Å². The van der Waals surface area contributed by atoms with E-state index in [9.17, 15) is 0 Å². The van der Waals surface area contributed by atoms with Gasteiger partial charge in [-0.15, -0.1) is 0 Å². The number of amidine groups is 1. The summed E-state index contributed by atoms with van der Waals surface area (Å²) in [6.45, 7) is 15.5. The Balaban J connectivity index is 5.00. The van der Waals surface area contributed by atoms with Crippen LogP contribution < -0.4 is 5.73 Å². The molecule has 15 heavy (non-hydrogen) atoms. The third kappa shape index (κ3) is 4.42. The minimum absolute atomic E-state index is 0.355. The van der Waals surface area contributed by atoms with Gasteiger partial charge in [-0.3, -0.25) is 0 Å². The van der Waals surface area contributed by atoms with Crippen molar-refractivity contribution in [2.75, 3.05) is 6.54 Å². The maximum Gasteiger partial charge on any atom is 0.136 e. The molecule has 0 radical (unpaired) electrons. The smallest absolute Gasteiger partial charge is 0.136 e. The molecule has 0 unspecified atom stereocenters. The van der Waals surface area contributed by atoms with Crippen LogP contribution in [-0.2, 0) is 0 Å². The van der Waals surface area contributed by atoms with E-state index < -0.39 is 0 Å². The first kappa shape index (κ1) is 13.4. The first-order chi connectivity index (χ1) is 7.06. The van der Waals surface area contributed by atoms with E-state index in [1.807, 2.05) is 13.8 Å². The highest BCUT2D eigenvalue weighted by Gasteiger charge is 2.06. The van der Waals surface area contributed by atoms with Gasteiger partial charge in [-0.2, -0.15) is 0 Å². The molecule has 3 nitrogen and oxygen atoms in total. The maximum atomic E-state index is 5.50. The van der Waals surface area contributed by atoms with Gasteiger partial charge in [0.15, 0.2) is 0 Å². The number of aliphatic imine (C=N–C) groups is 1. The molecule has 0 aliphatic heterocycles. The molecule has 0 saturated heterocycles. The molecule has 0 saturated carbocycles. The Kier molecular flexibility index (Phi) is 6.06. The molecule has 2 N–H and O–H groups in total. The summed E-state index contributed by atoms with van der Waals surface area (Å²) < 4.78 is 0. The summed E-state index contributed by atoms with van der Waals surface area (Å²) in [4.78, 5) is 5.97. The molecule has 0 aromatic carbocycles. The molecule has 82 valence electrons. The highest BCUT2D eigenvalue weighted by atomic mass is 15.2. The SMILES string of the molecule is C=CC(=NC=C(C)C)N(C=C)C(=C)CN. The number of allylic oxidation sites excluding steroid dienone is 1.